The number of ether oxygens (including phenoxy) is 2. The number of rotatable bonds is 5. The average molecular weight is 277 g/mol. The second kappa shape index (κ2) is 5.72. The van der Waals surface area contributed by atoms with Crippen LogP contribution in [0.5, 0.6) is 5.75 Å². The number of benzene rings is 1. The van der Waals surface area contributed by atoms with Crippen LogP contribution in [0.25, 0.3) is 0 Å². The van der Waals surface area contributed by atoms with E-state index >= 15 is 0 Å². The number of nitrogens with zero attached hydrogens (tertiary/aromatic N) is 1. The molecule has 4 nitrogen and oxygen atoms in total. The first-order valence-electron chi connectivity index (χ1n) is 7.29. The Hall–Kier alpha value is -1.10. The van der Waals surface area contributed by atoms with Gasteiger partial charge in [0.05, 0.1) is 19.8 Å². The highest BCUT2D eigenvalue weighted by Crippen LogP contribution is 2.41. The Bertz CT molecular complexity index is 448. The topological polar surface area (TPSA) is 41.9 Å². The Balaban J connectivity index is 1.56. The maximum Gasteiger partial charge on any atom is 0.115 e. The van der Waals surface area contributed by atoms with E-state index in [0.717, 1.165) is 45.9 Å². The molecule has 1 N–H and O–H groups in total. The molecule has 0 amide bonds. The lowest BCUT2D eigenvalue weighted by atomic mass is 9.82. The molecule has 0 saturated carbocycles. The van der Waals surface area contributed by atoms with Crippen molar-refractivity contribution >= 4 is 0 Å². The highest BCUT2D eigenvalue weighted by Gasteiger charge is 2.50. The van der Waals surface area contributed by atoms with Gasteiger partial charge < -0.3 is 19.5 Å². The minimum absolute atomic E-state index is 0.212. The number of phenolic OH excluding ortho intramolecular Hbond substituents is 1. The Morgan fingerprint density at radius 3 is 2.95 bits per heavy atom. The summed E-state index contributed by atoms with van der Waals surface area (Å²) in [5, 5.41) is 9.30. The summed E-state index contributed by atoms with van der Waals surface area (Å²) in [5.74, 6) is 0.947. The lowest BCUT2D eigenvalue weighted by Crippen LogP contribution is -2.35. The van der Waals surface area contributed by atoms with Crippen molar-refractivity contribution in [3.8, 4) is 5.75 Å². The molecule has 3 rings (SSSR count). The zero-order valence-electron chi connectivity index (χ0n) is 12.0. The smallest absolute Gasteiger partial charge is 0.115 e. The van der Waals surface area contributed by atoms with Crippen LogP contribution in [-0.4, -0.2) is 56.6 Å². The monoisotopic (exact) mass is 277 g/mol. The van der Waals surface area contributed by atoms with E-state index in [9.17, 15) is 5.11 Å². The van der Waals surface area contributed by atoms with Crippen molar-refractivity contribution in [2.45, 2.75) is 6.42 Å². The quantitative estimate of drug-likeness (QED) is 0.886. The molecule has 2 atom stereocenters. The standard InChI is InChI=1S/C16H23NO3/c1-19-11-16-10-17(8-14(16)9-20-12-16)7-6-13-2-4-15(18)5-3-13/h2-5,14,18H,6-12H2,1H3/t14-,16-/m0/s1. The van der Waals surface area contributed by atoms with Crippen LogP contribution in [0.3, 0.4) is 0 Å². The predicted molar refractivity (Wildman–Crippen MR) is 76.9 cm³/mol. The summed E-state index contributed by atoms with van der Waals surface area (Å²) in [6, 6.07) is 7.52. The van der Waals surface area contributed by atoms with Gasteiger partial charge in [-0.25, -0.2) is 0 Å². The van der Waals surface area contributed by atoms with E-state index in [2.05, 4.69) is 4.90 Å². The maximum absolute atomic E-state index is 9.30. The van der Waals surface area contributed by atoms with Gasteiger partial charge in [-0.15, -0.1) is 0 Å². The highest BCUT2D eigenvalue weighted by atomic mass is 16.5. The minimum atomic E-state index is 0.212. The predicted octanol–water partition coefficient (Wildman–Crippen LogP) is 1.53. The number of hydrogen-bond donors (Lipinski definition) is 1. The van der Waals surface area contributed by atoms with Gasteiger partial charge in [0.15, 0.2) is 0 Å². The molecule has 0 unspecified atom stereocenters. The molecule has 2 aliphatic heterocycles. The SMILES string of the molecule is COC[C@@]12COC[C@@H]1CN(CCc1ccc(O)cc1)C2. The molecule has 0 spiro atoms. The van der Waals surface area contributed by atoms with Crippen molar-refractivity contribution in [2.24, 2.45) is 11.3 Å². The van der Waals surface area contributed by atoms with Crippen LogP contribution in [0.1, 0.15) is 5.56 Å². The molecule has 0 bridgehead atoms. The molecule has 2 aliphatic rings. The van der Waals surface area contributed by atoms with E-state index in [1.165, 1.54) is 5.56 Å². The molecule has 0 aromatic heterocycles. The van der Waals surface area contributed by atoms with Gasteiger partial charge in [0.25, 0.3) is 0 Å². The van der Waals surface area contributed by atoms with Gasteiger partial charge in [-0.3, -0.25) is 0 Å². The first kappa shape index (κ1) is 13.9. The molecule has 2 saturated heterocycles. The zero-order valence-corrected chi connectivity index (χ0v) is 12.0. The van der Waals surface area contributed by atoms with Crippen LogP contribution in [0.4, 0.5) is 0 Å². The van der Waals surface area contributed by atoms with Crippen molar-refractivity contribution in [3.63, 3.8) is 0 Å². The van der Waals surface area contributed by atoms with Gasteiger partial charge in [0.1, 0.15) is 5.75 Å². The molecule has 0 radical (unpaired) electrons. The van der Waals surface area contributed by atoms with Crippen LogP contribution in [0, 0.1) is 11.3 Å². The van der Waals surface area contributed by atoms with Crippen LogP contribution in [0.2, 0.25) is 0 Å². The zero-order chi connectivity index (χ0) is 14.0. The molecule has 2 heterocycles. The Kier molecular flexibility index (Phi) is 3.96. The second-order valence-electron chi connectivity index (χ2n) is 6.16. The summed E-state index contributed by atoms with van der Waals surface area (Å²) >= 11 is 0. The van der Waals surface area contributed by atoms with Crippen molar-refractivity contribution in [3.05, 3.63) is 29.8 Å². The van der Waals surface area contributed by atoms with E-state index in [1.54, 1.807) is 19.2 Å². The molecule has 1 aromatic carbocycles. The third kappa shape index (κ3) is 2.68. The molecular formula is C16H23NO3. The highest BCUT2D eigenvalue weighted by molar-refractivity contribution is 5.26. The minimum Gasteiger partial charge on any atom is -0.508 e. The van der Waals surface area contributed by atoms with E-state index in [1.807, 2.05) is 12.1 Å². The summed E-state index contributed by atoms with van der Waals surface area (Å²) in [6.07, 6.45) is 1.02. The lowest BCUT2D eigenvalue weighted by molar-refractivity contribution is 0.0542. The molecule has 2 fully saturated rings. The van der Waals surface area contributed by atoms with E-state index < -0.39 is 0 Å². The largest absolute Gasteiger partial charge is 0.508 e. The maximum atomic E-state index is 9.30. The first-order chi connectivity index (χ1) is 9.72. The molecule has 20 heavy (non-hydrogen) atoms. The third-order valence-electron chi connectivity index (χ3n) is 4.68. The summed E-state index contributed by atoms with van der Waals surface area (Å²) in [6.45, 7) is 5.76. The van der Waals surface area contributed by atoms with E-state index in [4.69, 9.17) is 9.47 Å². The first-order valence-corrected chi connectivity index (χ1v) is 7.29. The van der Waals surface area contributed by atoms with Crippen molar-refractivity contribution in [1.82, 2.24) is 4.90 Å². The normalized spacial score (nSPS) is 29.8. The number of phenols is 1. The lowest BCUT2D eigenvalue weighted by Gasteiger charge is -2.26. The third-order valence-corrected chi connectivity index (χ3v) is 4.68. The van der Waals surface area contributed by atoms with Gasteiger partial charge in [-0.1, -0.05) is 12.1 Å². The number of fused-ring (bicyclic) bond motifs is 1. The van der Waals surface area contributed by atoms with Crippen molar-refractivity contribution in [1.29, 1.82) is 0 Å². The van der Waals surface area contributed by atoms with Gasteiger partial charge in [0.2, 0.25) is 0 Å². The fourth-order valence-corrected chi connectivity index (χ4v) is 3.55. The van der Waals surface area contributed by atoms with Gasteiger partial charge in [-0.05, 0) is 24.1 Å². The number of hydrogen-bond acceptors (Lipinski definition) is 4. The molecule has 0 aliphatic carbocycles. The number of methoxy groups -OCH3 is 1. The Morgan fingerprint density at radius 1 is 1.40 bits per heavy atom. The second-order valence-corrected chi connectivity index (χ2v) is 6.16. The van der Waals surface area contributed by atoms with Gasteiger partial charge in [0, 0.05) is 38.1 Å². The van der Waals surface area contributed by atoms with E-state index in [-0.39, 0.29) is 5.41 Å². The van der Waals surface area contributed by atoms with Crippen LogP contribution in [0.15, 0.2) is 24.3 Å². The van der Waals surface area contributed by atoms with Crippen molar-refractivity contribution in [2.75, 3.05) is 46.6 Å². The van der Waals surface area contributed by atoms with Crippen LogP contribution in [-0.2, 0) is 15.9 Å². The summed E-state index contributed by atoms with van der Waals surface area (Å²) in [5.41, 5.74) is 1.49. The fraction of sp³-hybridized carbons (Fsp3) is 0.625. The molecule has 4 heteroatoms. The average Bonchev–Trinajstić information content (AvgIpc) is 2.95. The van der Waals surface area contributed by atoms with Crippen molar-refractivity contribution < 1.29 is 14.6 Å². The molecule has 1 aromatic rings. The Morgan fingerprint density at radius 2 is 2.20 bits per heavy atom. The van der Waals surface area contributed by atoms with Crippen LogP contribution < -0.4 is 0 Å². The van der Waals surface area contributed by atoms with Gasteiger partial charge in [-0.2, -0.15) is 0 Å². The summed E-state index contributed by atoms with van der Waals surface area (Å²) < 4.78 is 11.1. The molecule has 110 valence electrons. The number of aromatic hydroxyl groups is 1. The fourth-order valence-electron chi connectivity index (χ4n) is 3.55. The molecular weight excluding hydrogens is 254 g/mol. The summed E-state index contributed by atoms with van der Waals surface area (Å²) in [7, 11) is 1.78. The van der Waals surface area contributed by atoms with E-state index in [0.29, 0.717) is 11.7 Å². The Labute approximate surface area is 120 Å². The summed E-state index contributed by atoms with van der Waals surface area (Å²) in [4.78, 5) is 2.53. The van der Waals surface area contributed by atoms with Gasteiger partial charge >= 0.3 is 0 Å². The van der Waals surface area contributed by atoms with Crippen LogP contribution >= 0.6 is 0 Å². The number of likely N-dealkylation sites (tertiary alicyclic amines) is 1.